The number of hydrogen-bond donors (Lipinski definition) is 0. The van der Waals surface area contributed by atoms with E-state index in [4.69, 9.17) is 9.47 Å². The molecule has 0 saturated heterocycles. The highest BCUT2D eigenvalue weighted by molar-refractivity contribution is 9.10. The average molecular weight is 400 g/mol. The van der Waals surface area contributed by atoms with Gasteiger partial charge in [-0.2, -0.15) is 0 Å². The molecule has 0 aliphatic heterocycles. The first-order chi connectivity index (χ1) is 9.65. The largest absolute Gasteiger partial charge is 0.496 e. The van der Waals surface area contributed by atoms with Crippen LogP contribution in [0.5, 0.6) is 11.5 Å². The van der Waals surface area contributed by atoms with E-state index in [2.05, 4.69) is 56.1 Å². The Balaban J connectivity index is 2.30. The van der Waals surface area contributed by atoms with Gasteiger partial charge in [-0.25, -0.2) is 0 Å². The molecule has 1 unspecified atom stereocenters. The Morgan fingerprint density at radius 2 is 1.65 bits per heavy atom. The van der Waals surface area contributed by atoms with Crippen LogP contribution in [-0.4, -0.2) is 14.2 Å². The van der Waals surface area contributed by atoms with E-state index in [0.29, 0.717) is 0 Å². The van der Waals surface area contributed by atoms with Crippen molar-refractivity contribution in [1.29, 1.82) is 0 Å². The van der Waals surface area contributed by atoms with Crippen molar-refractivity contribution >= 4 is 31.9 Å². The molecule has 2 aromatic rings. The maximum atomic E-state index is 5.47. The Hall–Kier alpha value is -1.00. The van der Waals surface area contributed by atoms with E-state index in [1.165, 1.54) is 5.56 Å². The Morgan fingerprint density at radius 1 is 1.00 bits per heavy atom. The predicted octanol–water partition coefficient (Wildman–Crippen LogP) is 5.15. The van der Waals surface area contributed by atoms with Gasteiger partial charge in [0.05, 0.1) is 18.7 Å². The highest BCUT2D eigenvalue weighted by atomic mass is 79.9. The second kappa shape index (κ2) is 7.14. The number of benzene rings is 2. The van der Waals surface area contributed by atoms with Crippen molar-refractivity contribution in [2.75, 3.05) is 14.2 Å². The fourth-order valence-electron chi connectivity index (χ4n) is 2.06. The van der Waals surface area contributed by atoms with Gasteiger partial charge in [0.25, 0.3) is 0 Å². The molecular weight excluding hydrogens is 384 g/mol. The number of hydrogen-bond acceptors (Lipinski definition) is 2. The van der Waals surface area contributed by atoms with Gasteiger partial charge in [0.2, 0.25) is 0 Å². The van der Waals surface area contributed by atoms with Gasteiger partial charge in [-0.3, -0.25) is 0 Å². The molecule has 106 valence electrons. The van der Waals surface area contributed by atoms with Crippen LogP contribution in [0.2, 0.25) is 0 Å². The number of alkyl halides is 1. The summed E-state index contributed by atoms with van der Waals surface area (Å²) in [6.07, 6.45) is 0.891. The van der Waals surface area contributed by atoms with E-state index in [0.717, 1.165) is 28.0 Å². The molecule has 0 amide bonds. The lowest BCUT2D eigenvalue weighted by atomic mass is 10.0. The first kappa shape index (κ1) is 15.4. The third kappa shape index (κ3) is 3.55. The molecule has 0 aliphatic carbocycles. The summed E-state index contributed by atoms with van der Waals surface area (Å²) in [4.78, 5) is 0.168. The molecule has 0 radical (unpaired) electrons. The molecule has 4 heteroatoms. The summed E-state index contributed by atoms with van der Waals surface area (Å²) in [6, 6.07) is 14.3. The molecule has 0 fully saturated rings. The molecule has 0 heterocycles. The topological polar surface area (TPSA) is 18.5 Å². The Morgan fingerprint density at radius 3 is 2.25 bits per heavy atom. The van der Waals surface area contributed by atoms with Crippen LogP contribution in [0.3, 0.4) is 0 Å². The summed E-state index contributed by atoms with van der Waals surface area (Å²) in [6.45, 7) is 0. The molecule has 2 aromatic carbocycles. The van der Waals surface area contributed by atoms with E-state index in [1.807, 2.05) is 18.2 Å². The van der Waals surface area contributed by atoms with Gasteiger partial charge in [0.1, 0.15) is 11.5 Å². The van der Waals surface area contributed by atoms with Gasteiger partial charge >= 0.3 is 0 Å². The van der Waals surface area contributed by atoms with Crippen molar-refractivity contribution in [2.45, 2.75) is 11.2 Å². The lowest BCUT2D eigenvalue weighted by Crippen LogP contribution is -2.00. The second-order valence-corrected chi connectivity index (χ2v) is 6.35. The Labute approximate surface area is 136 Å². The zero-order valence-corrected chi connectivity index (χ0v) is 14.6. The second-order valence-electron chi connectivity index (χ2n) is 4.39. The summed E-state index contributed by atoms with van der Waals surface area (Å²) >= 11 is 7.23. The normalized spacial score (nSPS) is 12.0. The van der Waals surface area contributed by atoms with E-state index in [9.17, 15) is 0 Å². The van der Waals surface area contributed by atoms with Crippen molar-refractivity contribution in [3.63, 3.8) is 0 Å². The standard InChI is InChI=1S/C16H16Br2O2/c1-19-15-10-14(18)16(20-2)9-12(15)13(17)8-11-6-4-3-5-7-11/h3-7,9-10,13H,8H2,1-2H3. The van der Waals surface area contributed by atoms with Crippen LogP contribution in [0.1, 0.15) is 16.0 Å². The van der Waals surface area contributed by atoms with E-state index in [1.54, 1.807) is 14.2 Å². The Kier molecular flexibility index (Phi) is 5.49. The molecule has 0 bridgehead atoms. The maximum Gasteiger partial charge on any atom is 0.133 e. The minimum atomic E-state index is 0.168. The fraction of sp³-hybridized carbons (Fsp3) is 0.250. The van der Waals surface area contributed by atoms with E-state index in [-0.39, 0.29) is 4.83 Å². The first-order valence-corrected chi connectivity index (χ1v) is 7.96. The number of rotatable bonds is 5. The summed E-state index contributed by atoms with van der Waals surface area (Å²) in [5, 5.41) is 0. The SMILES string of the molecule is COc1cc(C(Br)Cc2ccccc2)c(OC)cc1Br. The molecular formula is C16H16Br2O2. The van der Waals surface area contributed by atoms with E-state index >= 15 is 0 Å². The van der Waals surface area contributed by atoms with Crippen LogP contribution in [0, 0.1) is 0 Å². The van der Waals surface area contributed by atoms with Crippen LogP contribution >= 0.6 is 31.9 Å². The van der Waals surface area contributed by atoms with Crippen LogP contribution < -0.4 is 9.47 Å². The molecule has 0 aliphatic rings. The van der Waals surface area contributed by atoms with E-state index < -0.39 is 0 Å². The molecule has 0 aromatic heterocycles. The number of halogens is 2. The summed E-state index contributed by atoms with van der Waals surface area (Å²) in [5.74, 6) is 1.65. The highest BCUT2D eigenvalue weighted by Crippen LogP contribution is 2.40. The molecule has 1 atom stereocenters. The monoisotopic (exact) mass is 398 g/mol. The van der Waals surface area contributed by atoms with Gasteiger partial charge in [-0.05, 0) is 40.0 Å². The van der Waals surface area contributed by atoms with Crippen molar-refractivity contribution in [2.24, 2.45) is 0 Å². The first-order valence-electron chi connectivity index (χ1n) is 6.25. The van der Waals surface area contributed by atoms with Gasteiger partial charge < -0.3 is 9.47 Å². The van der Waals surface area contributed by atoms with Crippen LogP contribution in [0.4, 0.5) is 0 Å². The van der Waals surface area contributed by atoms with Crippen molar-refractivity contribution in [3.05, 3.63) is 58.1 Å². The highest BCUT2D eigenvalue weighted by Gasteiger charge is 2.17. The molecule has 0 saturated carbocycles. The average Bonchev–Trinajstić information content (AvgIpc) is 2.47. The van der Waals surface area contributed by atoms with Gasteiger partial charge in [-0.15, -0.1) is 0 Å². The molecule has 0 spiro atoms. The lowest BCUT2D eigenvalue weighted by molar-refractivity contribution is 0.396. The fourth-order valence-corrected chi connectivity index (χ4v) is 3.28. The summed E-state index contributed by atoms with van der Waals surface area (Å²) in [7, 11) is 3.34. The van der Waals surface area contributed by atoms with Crippen LogP contribution in [0.25, 0.3) is 0 Å². The van der Waals surface area contributed by atoms with Crippen molar-refractivity contribution in [3.8, 4) is 11.5 Å². The summed E-state index contributed by atoms with van der Waals surface area (Å²) in [5.41, 5.74) is 2.36. The molecule has 20 heavy (non-hydrogen) atoms. The predicted molar refractivity (Wildman–Crippen MR) is 89.1 cm³/mol. The van der Waals surface area contributed by atoms with Gasteiger partial charge in [-0.1, -0.05) is 46.3 Å². The third-order valence-electron chi connectivity index (χ3n) is 3.10. The minimum absolute atomic E-state index is 0.168. The zero-order chi connectivity index (χ0) is 14.5. The molecule has 2 rings (SSSR count). The zero-order valence-electron chi connectivity index (χ0n) is 11.4. The summed E-state index contributed by atoms with van der Waals surface area (Å²) < 4.78 is 11.7. The van der Waals surface area contributed by atoms with Crippen LogP contribution in [0.15, 0.2) is 46.9 Å². The molecule has 0 N–H and O–H groups in total. The van der Waals surface area contributed by atoms with Gasteiger partial charge in [0.15, 0.2) is 0 Å². The third-order valence-corrected chi connectivity index (χ3v) is 4.54. The Bertz CT molecular complexity index is 570. The quantitative estimate of drug-likeness (QED) is 0.647. The lowest BCUT2D eigenvalue weighted by Gasteiger charge is -2.17. The smallest absolute Gasteiger partial charge is 0.133 e. The molecule has 2 nitrogen and oxygen atoms in total. The minimum Gasteiger partial charge on any atom is -0.496 e. The van der Waals surface area contributed by atoms with Crippen molar-refractivity contribution in [1.82, 2.24) is 0 Å². The van der Waals surface area contributed by atoms with Crippen LogP contribution in [-0.2, 0) is 6.42 Å². The number of methoxy groups -OCH3 is 2. The van der Waals surface area contributed by atoms with Crippen molar-refractivity contribution < 1.29 is 9.47 Å². The maximum absolute atomic E-state index is 5.47. The number of ether oxygens (including phenoxy) is 2. The van der Waals surface area contributed by atoms with Gasteiger partial charge in [0, 0.05) is 10.4 Å².